The van der Waals surface area contributed by atoms with Crippen molar-refractivity contribution < 1.29 is 14.6 Å². The lowest BCUT2D eigenvalue weighted by molar-refractivity contribution is -0.139. The van der Waals surface area contributed by atoms with Crippen LogP contribution in [0.25, 0.3) is 0 Å². The van der Waals surface area contributed by atoms with E-state index in [1.54, 1.807) is 11.9 Å². The Morgan fingerprint density at radius 2 is 2.07 bits per heavy atom. The summed E-state index contributed by atoms with van der Waals surface area (Å²) >= 11 is 0. The van der Waals surface area contributed by atoms with Gasteiger partial charge >= 0.3 is 0 Å². The molecule has 0 saturated carbocycles. The second kappa shape index (κ2) is 4.75. The third-order valence-corrected chi connectivity index (χ3v) is 2.80. The molecule has 0 aromatic rings. The molecule has 4 heteroatoms. The maximum absolute atomic E-state index is 11.6. The van der Waals surface area contributed by atoms with Gasteiger partial charge in [0.25, 0.3) is 0 Å². The van der Waals surface area contributed by atoms with Gasteiger partial charge in [-0.3, -0.25) is 4.79 Å². The summed E-state index contributed by atoms with van der Waals surface area (Å²) < 4.78 is 5.15. The van der Waals surface area contributed by atoms with Crippen molar-refractivity contribution >= 4 is 5.91 Å². The lowest BCUT2D eigenvalue weighted by Gasteiger charge is -2.32. The first-order chi connectivity index (χ1) is 6.57. The smallest absolute Gasteiger partial charge is 0.225 e. The Labute approximate surface area is 84.8 Å². The molecule has 14 heavy (non-hydrogen) atoms. The number of rotatable bonds is 3. The van der Waals surface area contributed by atoms with Crippen molar-refractivity contribution in [1.82, 2.24) is 4.90 Å². The van der Waals surface area contributed by atoms with Gasteiger partial charge < -0.3 is 14.7 Å². The second-order valence-corrected chi connectivity index (χ2v) is 3.92. The molecule has 1 saturated heterocycles. The van der Waals surface area contributed by atoms with Gasteiger partial charge in [0.2, 0.25) is 5.91 Å². The average molecular weight is 201 g/mol. The summed E-state index contributed by atoms with van der Waals surface area (Å²) in [6.07, 6.45) is 1.35. The number of aliphatic hydroxyl groups is 1. The van der Waals surface area contributed by atoms with E-state index in [9.17, 15) is 9.90 Å². The zero-order valence-electron chi connectivity index (χ0n) is 8.95. The quantitative estimate of drug-likeness (QED) is 0.719. The van der Waals surface area contributed by atoms with E-state index in [2.05, 4.69) is 0 Å². The Morgan fingerprint density at radius 3 is 2.57 bits per heavy atom. The Morgan fingerprint density at radius 1 is 1.50 bits per heavy atom. The predicted octanol–water partition coefficient (Wildman–Crippen LogP) is 0.396. The number of carbonyl (C=O) groups is 1. The number of amides is 1. The largest absolute Gasteiger partial charge is 0.389 e. The van der Waals surface area contributed by atoms with Gasteiger partial charge in [-0.1, -0.05) is 0 Å². The lowest BCUT2D eigenvalue weighted by atomic mass is 9.90. The molecule has 0 aromatic carbocycles. The van der Waals surface area contributed by atoms with E-state index in [0.29, 0.717) is 32.6 Å². The first-order valence-electron chi connectivity index (χ1n) is 5.11. The molecule has 1 amide bonds. The summed E-state index contributed by atoms with van der Waals surface area (Å²) in [7, 11) is 1.75. The molecule has 4 nitrogen and oxygen atoms in total. The van der Waals surface area contributed by atoms with Crippen molar-refractivity contribution in [1.29, 1.82) is 0 Å². The highest BCUT2D eigenvalue weighted by Crippen LogP contribution is 2.24. The van der Waals surface area contributed by atoms with E-state index < -0.39 is 5.60 Å². The van der Waals surface area contributed by atoms with Crippen LogP contribution in [0.4, 0.5) is 0 Å². The van der Waals surface area contributed by atoms with E-state index in [-0.39, 0.29) is 12.3 Å². The van der Waals surface area contributed by atoms with Gasteiger partial charge in [0.05, 0.1) is 12.0 Å². The van der Waals surface area contributed by atoms with E-state index in [1.807, 2.05) is 6.92 Å². The van der Waals surface area contributed by atoms with Crippen LogP contribution < -0.4 is 0 Å². The van der Waals surface area contributed by atoms with Crippen molar-refractivity contribution in [2.75, 3.05) is 26.8 Å². The van der Waals surface area contributed by atoms with Gasteiger partial charge in [-0.2, -0.15) is 0 Å². The van der Waals surface area contributed by atoms with Crippen molar-refractivity contribution in [3.05, 3.63) is 0 Å². The van der Waals surface area contributed by atoms with Crippen molar-refractivity contribution in [3.8, 4) is 0 Å². The third-order valence-electron chi connectivity index (χ3n) is 2.80. The molecular weight excluding hydrogens is 182 g/mol. The molecule has 1 N–H and O–H groups in total. The van der Waals surface area contributed by atoms with Crippen LogP contribution in [0.3, 0.4) is 0 Å². The fourth-order valence-electron chi connectivity index (χ4n) is 1.52. The van der Waals surface area contributed by atoms with Gasteiger partial charge in [0.1, 0.15) is 0 Å². The first kappa shape index (κ1) is 11.5. The molecule has 0 unspecified atom stereocenters. The zero-order chi connectivity index (χ0) is 10.6. The van der Waals surface area contributed by atoms with Crippen LogP contribution in [0.2, 0.25) is 0 Å². The fraction of sp³-hybridized carbons (Fsp3) is 0.900. The Balaban J connectivity index is 2.44. The van der Waals surface area contributed by atoms with Crippen molar-refractivity contribution in [2.24, 2.45) is 0 Å². The molecule has 1 fully saturated rings. The zero-order valence-corrected chi connectivity index (χ0v) is 8.95. The summed E-state index contributed by atoms with van der Waals surface area (Å²) in [6.45, 7) is 3.72. The average Bonchev–Trinajstić information content (AvgIpc) is 2.17. The summed E-state index contributed by atoms with van der Waals surface area (Å²) in [5.41, 5.74) is -0.835. The van der Waals surface area contributed by atoms with Crippen LogP contribution in [0.5, 0.6) is 0 Å². The molecule has 0 atom stereocenters. The SMILES string of the molecule is CCN(C)C(=O)CC1(O)CCOCC1. The highest BCUT2D eigenvalue weighted by molar-refractivity contribution is 5.76. The van der Waals surface area contributed by atoms with E-state index in [1.165, 1.54) is 0 Å². The normalized spacial score (nSPS) is 20.5. The number of hydrogen-bond acceptors (Lipinski definition) is 3. The molecule has 0 aromatic heterocycles. The van der Waals surface area contributed by atoms with Crippen LogP contribution in [0, 0.1) is 0 Å². The molecule has 82 valence electrons. The molecular formula is C10H19NO3. The van der Waals surface area contributed by atoms with E-state index in [0.717, 1.165) is 0 Å². The van der Waals surface area contributed by atoms with Gasteiger partial charge in [-0.15, -0.1) is 0 Å². The third kappa shape index (κ3) is 2.96. The minimum atomic E-state index is -0.835. The molecule has 1 aliphatic heterocycles. The number of hydrogen-bond donors (Lipinski definition) is 1. The highest BCUT2D eigenvalue weighted by atomic mass is 16.5. The summed E-state index contributed by atoms with van der Waals surface area (Å²) in [4.78, 5) is 13.2. The molecule has 0 bridgehead atoms. The van der Waals surface area contributed by atoms with Gasteiger partial charge in [0, 0.05) is 39.6 Å². The minimum absolute atomic E-state index is 0.0110. The molecule has 0 radical (unpaired) electrons. The number of ether oxygens (including phenoxy) is 1. The number of nitrogens with zero attached hydrogens (tertiary/aromatic N) is 1. The van der Waals surface area contributed by atoms with Crippen LogP contribution in [-0.2, 0) is 9.53 Å². The van der Waals surface area contributed by atoms with Crippen molar-refractivity contribution in [2.45, 2.75) is 31.8 Å². The Hall–Kier alpha value is -0.610. The van der Waals surface area contributed by atoms with E-state index >= 15 is 0 Å². The summed E-state index contributed by atoms with van der Waals surface area (Å²) in [5.74, 6) is 0.0110. The maximum Gasteiger partial charge on any atom is 0.225 e. The molecule has 1 rings (SSSR count). The summed E-state index contributed by atoms with van der Waals surface area (Å²) in [6, 6.07) is 0. The van der Waals surface area contributed by atoms with Crippen LogP contribution in [0.1, 0.15) is 26.2 Å². The second-order valence-electron chi connectivity index (χ2n) is 3.92. The standard InChI is InChI=1S/C10H19NO3/c1-3-11(2)9(12)8-10(13)4-6-14-7-5-10/h13H,3-8H2,1-2H3. The molecule has 0 aliphatic carbocycles. The molecule has 0 spiro atoms. The summed E-state index contributed by atoms with van der Waals surface area (Å²) in [5, 5.41) is 10.1. The maximum atomic E-state index is 11.6. The van der Waals surface area contributed by atoms with Crippen LogP contribution >= 0.6 is 0 Å². The topological polar surface area (TPSA) is 49.8 Å². The van der Waals surface area contributed by atoms with Gasteiger partial charge in [-0.05, 0) is 6.92 Å². The van der Waals surface area contributed by atoms with Crippen molar-refractivity contribution in [3.63, 3.8) is 0 Å². The Bertz CT molecular complexity index is 200. The number of carbonyl (C=O) groups excluding carboxylic acids is 1. The van der Waals surface area contributed by atoms with Gasteiger partial charge in [-0.25, -0.2) is 0 Å². The molecule has 1 aliphatic rings. The lowest BCUT2D eigenvalue weighted by Crippen LogP contribution is -2.41. The molecule has 1 heterocycles. The fourth-order valence-corrected chi connectivity index (χ4v) is 1.52. The Kier molecular flexibility index (Phi) is 3.89. The minimum Gasteiger partial charge on any atom is -0.389 e. The highest BCUT2D eigenvalue weighted by Gasteiger charge is 2.32. The monoisotopic (exact) mass is 201 g/mol. The van der Waals surface area contributed by atoms with E-state index in [4.69, 9.17) is 4.74 Å². The van der Waals surface area contributed by atoms with Crippen LogP contribution in [-0.4, -0.2) is 48.3 Å². The van der Waals surface area contributed by atoms with Gasteiger partial charge in [0.15, 0.2) is 0 Å². The first-order valence-corrected chi connectivity index (χ1v) is 5.11. The predicted molar refractivity (Wildman–Crippen MR) is 52.9 cm³/mol. The van der Waals surface area contributed by atoms with Crippen LogP contribution in [0.15, 0.2) is 0 Å².